The minimum absolute atomic E-state index is 0.124. The summed E-state index contributed by atoms with van der Waals surface area (Å²) in [5.74, 6) is 0.479. The van der Waals surface area contributed by atoms with Crippen molar-refractivity contribution in [1.29, 1.82) is 0 Å². The van der Waals surface area contributed by atoms with Crippen LogP contribution in [0.25, 0.3) is 32.4 Å². The zero-order valence-electron chi connectivity index (χ0n) is 20.5. The maximum absolute atomic E-state index is 14.7. The number of nitrogens with zero attached hydrogens (tertiary/aromatic N) is 1. The number of alkyl halides is 1. The van der Waals surface area contributed by atoms with Crippen LogP contribution in [-0.4, -0.2) is 10.9 Å². The first-order valence-electron chi connectivity index (χ1n) is 12.5. The van der Waals surface area contributed by atoms with Gasteiger partial charge < -0.3 is 0 Å². The first-order valence-corrected chi connectivity index (χ1v) is 13.0. The van der Waals surface area contributed by atoms with Crippen LogP contribution in [0.3, 0.4) is 0 Å². The lowest BCUT2D eigenvalue weighted by atomic mass is 9.70. The van der Waals surface area contributed by atoms with E-state index >= 15 is 0 Å². The number of aryl methyl sites for hydroxylation is 2. The van der Waals surface area contributed by atoms with E-state index in [1.54, 1.807) is 6.07 Å². The summed E-state index contributed by atoms with van der Waals surface area (Å²) in [6, 6.07) is 24.3. The summed E-state index contributed by atoms with van der Waals surface area (Å²) in [4.78, 5) is 4.18. The number of hydrogen-bond acceptors (Lipinski definition) is 1. The van der Waals surface area contributed by atoms with Crippen molar-refractivity contribution in [3.8, 4) is 0 Å². The van der Waals surface area contributed by atoms with Gasteiger partial charge in [-0.15, -0.1) is 11.6 Å². The number of hydrogen-bond donors (Lipinski definition) is 0. The molecule has 0 saturated heterocycles. The Kier molecular flexibility index (Phi) is 6.75. The van der Waals surface area contributed by atoms with Crippen LogP contribution in [0.4, 0.5) is 4.39 Å². The van der Waals surface area contributed by atoms with Gasteiger partial charge in [-0.3, -0.25) is 4.98 Å². The van der Waals surface area contributed by atoms with Gasteiger partial charge in [0.05, 0.1) is 5.52 Å². The van der Waals surface area contributed by atoms with E-state index in [1.165, 1.54) is 40.1 Å². The number of pyridine rings is 1. The van der Waals surface area contributed by atoms with Crippen LogP contribution in [-0.2, 0) is 18.3 Å². The third kappa shape index (κ3) is 4.65. The third-order valence-electron chi connectivity index (χ3n) is 7.29. The van der Waals surface area contributed by atoms with Crippen molar-refractivity contribution >= 4 is 44.0 Å². The number of rotatable bonds is 3. The van der Waals surface area contributed by atoms with Crippen LogP contribution >= 0.6 is 11.6 Å². The molecule has 4 aromatic carbocycles. The largest absolute Gasteiger partial charge is 0.256 e. The minimum atomic E-state index is -0.124. The quantitative estimate of drug-likeness (QED) is 0.184. The van der Waals surface area contributed by atoms with Gasteiger partial charge in [0.1, 0.15) is 5.82 Å². The highest BCUT2D eigenvalue weighted by Crippen LogP contribution is 2.43. The molecule has 0 aliphatic heterocycles. The van der Waals surface area contributed by atoms with Gasteiger partial charge in [-0.05, 0) is 88.6 Å². The highest BCUT2D eigenvalue weighted by Gasteiger charge is 2.29. The van der Waals surface area contributed by atoms with Gasteiger partial charge in [-0.25, -0.2) is 4.39 Å². The molecule has 0 amide bonds. The average Bonchev–Trinajstić information content (AvgIpc) is 2.87. The van der Waals surface area contributed by atoms with Crippen LogP contribution in [0, 0.1) is 5.82 Å². The summed E-state index contributed by atoms with van der Waals surface area (Å²) >= 11 is 5.93. The zero-order chi connectivity index (χ0) is 24.4. The van der Waals surface area contributed by atoms with E-state index in [0.29, 0.717) is 5.88 Å². The first kappa shape index (κ1) is 23.8. The molecule has 35 heavy (non-hydrogen) atoms. The summed E-state index contributed by atoms with van der Waals surface area (Å²) in [7, 11) is 0. The predicted octanol–water partition coefficient (Wildman–Crippen LogP) is 9.15. The SMILES string of the molecule is CC1(C)CCCc2ccc3c(cc(CCCCl)c4c(F)cccc43)c21.c1ccc2ncccc2c1. The average molecular weight is 484 g/mol. The molecule has 0 saturated carbocycles. The number of para-hydroxylation sites is 1. The second kappa shape index (κ2) is 9.95. The second-order valence-electron chi connectivity index (χ2n) is 10.1. The van der Waals surface area contributed by atoms with E-state index in [-0.39, 0.29) is 11.2 Å². The van der Waals surface area contributed by atoms with Crippen LogP contribution in [0.2, 0.25) is 0 Å². The lowest BCUT2D eigenvalue weighted by molar-refractivity contribution is 0.436. The molecule has 0 N–H and O–H groups in total. The predicted molar refractivity (Wildman–Crippen MR) is 148 cm³/mol. The molecule has 0 spiro atoms. The molecule has 178 valence electrons. The monoisotopic (exact) mass is 483 g/mol. The van der Waals surface area contributed by atoms with E-state index in [4.69, 9.17) is 11.6 Å². The van der Waals surface area contributed by atoms with Gasteiger partial charge in [0, 0.05) is 22.8 Å². The van der Waals surface area contributed by atoms with Gasteiger partial charge in [-0.2, -0.15) is 0 Å². The molecule has 0 bridgehead atoms. The van der Waals surface area contributed by atoms with Crippen molar-refractivity contribution in [2.45, 2.75) is 51.4 Å². The molecule has 0 atom stereocenters. The van der Waals surface area contributed by atoms with Crippen molar-refractivity contribution < 1.29 is 4.39 Å². The van der Waals surface area contributed by atoms with E-state index in [1.807, 2.05) is 36.5 Å². The number of fused-ring (bicyclic) bond motifs is 6. The molecule has 1 heterocycles. The number of aromatic nitrogens is 1. The maximum atomic E-state index is 14.7. The summed E-state index contributed by atoms with van der Waals surface area (Å²) < 4.78 is 14.7. The topological polar surface area (TPSA) is 12.9 Å². The number of benzene rings is 4. The fraction of sp³-hybridized carbons (Fsp3) is 0.281. The Morgan fingerprint density at radius 3 is 2.57 bits per heavy atom. The Morgan fingerprint density at radius 1 is 0.914 bits per heavy atom. The number of halogens is 2. The van der Waals surface area contributed by atoms with Gasteiger partial charge in [0.15, 0.2) is 0 Å². The minimum Gasteiger partial charge on any atom is -0.256 e. The van der Waals surface area contributed by atoms with Crippen molar-refractivity contribution in [3.05, 3.63) is 102 Å². The Hall–Kier alpha value is -2.97. The van der Waals surface area contributed by atoms with Gasteiger partial charge in [-0.1, -0.05) is 68.4 Å². The molecule has 0 fully saturated rings. The summed E-state index contributed by atoms with van der Waals surface area (Å²) in [5, 5.41) is 5.49. The lowest BCUT2D eigenvalue weighted by Crippen LogP contribution is -2.24. The normalized spacial score (nSPS) is 14.5. The third-order valence-corrected chi connectivity index (χ3v) is 7.56. The van der Waals surface area contributed by atoms with Crippen molar-refractivity contribution in [3.63, 3.8) is 0 Å². The molecule has 0 radical (unpaired) electrons. The van der Waals surface area contributed by atoms with Gasteiger partial charge in [0.2, 0.25) is 0 Å². The molecule has 1 aromatic heterocycles. The smallest absolute Gasteiger partial charge is 0.131 e. The van der Waals surface area contributed by atoms with E-state index < -0.39 is 0 Å². The zero-order valence-corrected chi connectivity index (χ0v) is 21.2. The molecule has 1 aliphatic carbocycles. The Balaban J connectivity index is 0.000000211. The van der Waals surface area contributed by atoms with Crippen molar-refractivity contribution in [2.24, 2.45) is 0 Å². The Labute approximate surface area is 212 Å². The second-order valence-corrected chi connectivity index (χ2v) is 10.5. The maximum Gasteiger partial charge on any atom is 0.131 e. The summed E-state index contributed by atoms with van der Waals surface area (Å²) in [5.41, 5.74) is 5.25. The van der Waals surface area contributed by atoms with Gasteiger partial charge >= 0.3 is 0 Å². The first-order chi connectivity index (χ1) is 17.0. The Bertz CT molecular complexity index is 1440. The van der Waals surface area contributed by atoms with E-state index in [9.17, 15) is 4.39 Å². The highest BCUT2D eigenvalue weighted by molar-refractivity contribution is 6.17. The van der Waals surface area contributed by atoms with Crippen molar-refractivity contribution in [1.82, 2.24) is 4.98 Å². The van der Waals surface area contributed by atoms with Crippen LogP contribution in [0.1, 0.15) is 49.8 Å². The molecular formula is C32H31ClFN. The fourth-order valence-corrected chi connectivity index (χ4v) is 5.83. The van der Waals surface area contributed by atoms with Crippen LogP contribution < -0.4 is 0 Å². The van der Waals surface area contributed by atoms with Crippen molar-refractivity contribution in [2.75, 3.05) is 5.88 Å². The molecule has 1 aliphatic rings. The summed E-state index contributed by atoms with van der Waals surface area (Å²) in [6.45, 7) is 4.69. The molecular weight excluding hydrogens is 453 g/mol. The highest BCUT2D eigenvalue weighted by atomic mass is 35.5. The molecule has 6 rings (SSSR count). The fourth-order valence-electron chi connectivity index (χ4n) is 5.69. The summed E-state index contributed by atoms with van der Waals surface area (Å²) in [6.07, 6.45) is 7.09. The molecule has 3 heteroatoms. The lowest BCUT2D eigenvalue weighted by Gasteiger charge is -2.34. The molecule has 5 aromatic rings. The molecule has 0 unspecified atom stereocenters. The standard InChI is InChI=1S/C23H24ClF.C9H7N/c1-23(2)12-4-6-15-10-11-17-18-8-3-9-20(25)21(18)16(7-5-13-24)14-19(17)22(15)23;1-2-6-9-8(4-1)5-3-7-10-9/h3,8-11,14H,4-7,12-13H2,1-2H3;1-7H. The van der Waals surface area contributed by atoms with Gasteiger partial charge in [0.25, 0.3) is 0 Å². The van der Waals surface area contributed by atoms with E-state index in [2.05, 4.69) is 55.2 Å². The Morgan fingerprint density at radius 2 is 1.74 bits per heavy atom. The molecule has 1 nitrogen and oxygen atoms in total. The van der Waals surface area contributed by atoms with E-state index in [0.717, 1.165) is 41.1 Å². The van der Waals surface area contributed by atoms with Crippen LogP contribution in [0.15, 0.2) is 79.0 Å². The van der Waals surface area contributed by atoms with Crippen LogP contribution in [0.5, 0.6) is 0 Å².